The van der Waals surface area contributed by atoms with Gasteiger partial charge in [0.1, 0.15) is 5.75 Å². The Balaban J connectivity index is 1.53. The summed E-state index contributed by atoms with van der Waals surface area (Å²) in [5, 5.41) is 5.49. The van der Waals surface area contributed by atoms with Crippen molar-refractivity contribution in [2.24, 2.45) is 0 Å². The molecule has 3 rings (SSSR count). The van der Waals surface area contributed by atoms with E-state index in [1.807, 2.05) is 12.1 Å². The van der Waals surface area contributed by atoms with Gasteiger partial charge >= 0.3 is 5.97 Å². The molecular weight excluding hydrogens is 372 g/mol. The highest BCUT2D eigenvalue weighted by Gasteiger charge is 2.25. The number of ether oxygens (including phenoxy) is 2. The minimum atomic E-state index is -0.661. The number of hydrogen-bond acceptors (Lipinski definition) is 5. The fraction of sp³-hybridized carbons (Fsp3) is 0.227. The Morgan fingerprint density at radius 3 is 2.55 bits per heavy atom. The molecule has 2 aromatic rings. The van der Waals surface area contributed by atoms with Crippen LogP contribution in [0.15, 0.2) is 54.6 Å². The lowest BCUT2D eigenvalue weighted by Gasteiger charge is -2.11. The van der Waals surface area contributed by atoms with Gasteiger partial charge < -0.3 is 20.1 Å². The Bertz CT molecular complexity index is 934. The maximum absolute atomic E-state index is 12.3. The van der Waals surface area contributed by atoms with Gasteiger partial charge in [-0.3, -0.25) is 9.59 Å². The van der Waals surface area contributed by atoms with E-state index in [-0.39, 0.29) is 11.9 Å². The zero-order valence-electron chi connectivity index (χ0n) is 16.0. The van der Waals surface area contributed by atoms with Crippen molar-refractivity contribution < 1.29 is 23.9 Å². The highest BCUT2D eigenvalue weighted by Crippen LogP contribution is 2.21. The van der Waals surface area contributed by atoms with Gasteiger partial charge in [0, 0.05) is 17.7 Å². The zero-order chi connectivity index (χ0) is 20.6. The first-order valence-electron chi connectivity index (χ1n) is 9.24. The highest BCUT2D eigenvalue weighted by atomic mass is 16.5. The van der Waals surface area contributed by atoms with Crippen molar-refractivity contribution in [3.63, 3.8) is 0 Å². The number of rotatable bonds is 8. The third kappa shape index (κ3) is 5.93. The first-order chi connectivity index (χ1) is 14.1. The lowest BCUT2D eigenvalue weighted by atomic mass is 10.1. The monoisotopic (exact) mass is 394 g/mol. The molecule has 0 spiro atoms. The molecule has 29 heavy (non-hydrogen) atoms. The van der Waals surface area contributed by atoms with E-state index in [9.17, 15) is 14.4 Å². The van der Waals surface area contributed by atoms with Crippen LogP contribution in [0.2, 0.25) is 0 Å². The summed E-state index contributed by atoms with van der Waals surface area (Å²) in [6, 6.07) is 14.1. The van der Waals surface area contributed by atoms with Crippen LogP contribution in [0.4, 0.5) is 5.69 Å². The molecule has 0 atom stereocenters. The first kappa shape index (κ1) is 20.1. The maximum Gasteiger partial charge on any atom is 0.331 e. The van der Waals surface area contributed by atoms with E-state index in [2.05, 4.69) is 10.6 Å². The van der Waals surface area contributed by atoms with Crippen LogP contribution in [-0.2, 0) is 14.3 Å². The number of methoxy groups -OCH3 is 1. The highest BCUT2D eigenvalue weighted by molar-refractivity contribution is 6.04. The molecule has 150 valence electrons. The van der Waals surface area contributed by atoms with Gasteiger partial charge in [-0.2, -0.15) is 0 Å². The molecule has 7 nitrogen and oxygen atoms in total. The number of amides is 2. The van der Waals surface area contributed by atoms with Gasteiger partial charge in [-0.15, -0.1) is 0 Å². The van der Waals surface area contributed by atoms with E-state index >= 15 is 0 Å². The summed E-state index contributed by atoms with van der Waals surface area (Å²) in [5.74, 6) is -0.808. The van der Waals surface area contributed by atoms with E-state index in [1.165, 1.54) is 13.2 Å². The molecule has 1 aliphatic rings. The van der Waals surface area contributed by atoms with Crippen LogP contribution in [0, 0.1) is 0 Å². The number of nitrogens with one attached hydrogen (secondary N) is 2. The fourth-order valence-electron chi connectivity index (χ4n) is 2.61. The van der Waals surface area contributed by atoms with Gasteiger partial charge in [0.25, 0.3) is 11.8 Å². The van der Waals surface area contributed by atoms with Crippen molar-refractivity contribution in [1.29, 1.82) is 0 Å². The second-order valence-electron chi connectivity index (χ2n) is 6.52. The molecule has 2 aromatic carbocycles. The second-order valence-corrected chi connectivity index (χ2v) is 6.52. The van der Waals surface area contributed by atoms with Crippen molar-refractivity contribution in [2.45, 2.75) is 18.9 Å². The van der Waals surface area contributed by atoms with Crippen LogP contribution in [0.5, 0.6) is 5.75 Å². The average Bonchev–Trinajstić information content (AvgIpc) is 3.55. The van der Waals surface area contributed by atoms with Crippen LogP contribution in [0.1, 0.15) is 28.8 Å². The summed E-state index contributed by atoms with van der Waals surface area (Å²) in [6.45, 7) is -0.465. The molecule has 7 heteroatoms. The molecule has 0 saturated heterocycles. The normalized spacial score (nSPS) is 13.0. The van der Waals surface area contributed by atoms with Gasteiger partial charge in [-0.25, -0.2) is 4.79 Å². The summed E-state index contributed by atoms with van der Waals surface area (Å²) in [5.41, 5.74) is 1.46. The van der Waals surface area contributed by atoms with E-state index in [0.29, 0.717) is 22.6 Å². The average molecular weight is 394 g/mol. The van der Waals surface area contributed by atoms with Crippen LogP contribution < -0.4 is 15.4 Å². The predicted molar refractivity (Wildman–Crippen MR) is 109 cm³/mol. The zero-order valence-corrected chi connectivity index (χ0v) is 16.0. The summed E-state index contributed by atoms with van der Waals surface area (Å²) >= 11 is 0. The molecule has 2 amide bonds. The van der Waals surface area contributed by atoms with Crippen molar-refractivity contribution >= 4 is 29.5 Å². The number of anilines is 1. The fourth-order valence-corrected chi connectivity index (χ4v) is 2.61. The Hall–Kier alpha value is -3.61. The van der Waals surface area contributed by atoms with E-state index in [0.717, 1.165) is 12.8 Å². The van der Waals surface area contributed by atoms with Gasteiger partial charge in [0.15, 0.2) is 6.61 Å². The Morgan fingerprint density at radius 2 is 1.79 bits per heavy atom. The van der Waals surface area contributed by atoms with E-state index in [4.69, 9.17) is 9.47 Å². The van der Waals surface area contributed by atoms with Crippen molar-refractivity contribution in [2.75, 3.05) is 19.0 Å². The molecule has 0 heterocycles. The minimum Gasteiger partial charge on any atom is -0.496 e. The molecule has 2 N–H and O–H groups in total. The quantitative estimate of drug-likeness (QED) is 0.530. The number of para-hydroxylation sites is 2. The standard InChI is InChI=1S/C22H22N2O5/c1-28-19-9-5-2-6-15(19)10-13-21(26)29-14-20(25)24-18-8-4-3-7-17(18)22(27)23-16-11-12-16/h2-10,13,16H,11-12,14H2,1H3,(H,23,27)(H,24,25)/b13-10+. The summed E-state index contributed by atoms with van der Waals surface area (Å²) < 4.78 is 10.2. The number of carbonyl (C=O) groups excluding carboxylic acids is 3. The molecule has 0 radical (unpaired) electrons. The SMILES string of the molecule is COc1ccccc1/C=C/C(=O)OCC(=O)Nc1ccccc1C(=O)NC1CC1. The Morgan fingerprint density at radius 1 is 1.07 bits per heavy atom. The number of carbonyl (C=O) groups is 3. The Kier molecular flexibility index (Phi) is 6.63. The lowest BCUT2D eigenvalue weighted by Crippen LogP contribution is -2.27. The smallest absolute Gasteiger partial charge is 0.331 e. The van der Waals surface area contributed by atoms with Gasteiger partial charge in [-0.1, -0.05) is 30.3 Å². The maximum atomic E-state index is 12.3. The molecule has 0 aromatic heterocycles. The van der Waals surface area contributed by atoms with E-state index < -0.39 is 18.5 Å². The summed E-state index contributed by atoms with van der Waals surface area (Å²) in [7, 11) is 1.54. The minimum absolute atomic E-state index is 0.210. The molecule has 0 aliphatic heterocycles. The van der Waals surface area contributed by atoms with Crippen LogP contribution in [0.3, 0.4) is 0 Å². The third-order valence-corrected chi connectivity index (χ3v) is 4.24. The Labute approximate surface area is 168 Å². The van der Waals surface area contributed by atoms with Crippen molar-refractivity contribution in [3.05, 3.63) is 65.7 Å². The topological polar surface area (TPSA) is 93.7 Å². The van der Waals surface area contributed by atoms with Crippen molar-refractivity contribution in [1.82, 2.24) is 5.32 Å². The number of esters is 1. The lowest BCUT2D eigenvalue weighted by molar-refractivity contribution is -0.142. The van der Waals surface area contributed by atoms with Gasteiger partial charge in [0.05, 0.1) is 18.4 Å². The van der Waals surface area contributed by atoms with Gasteiger partial charge in [0.2, 0.25) is 0 Å². The molecule has 1 fully saturated rings. The van der Waals surface area contributed by atoms with Crippen LogP contribution in [-0.4, -0.2) is 37.5 Å². The molecule has 0 unspecified atom stereocenters. The predicted octanol–water partition coefficient (Wildman–Crippen LogP) is 2.78. The first-order valence-corrected chi connectivity index (χ1v) is 9.24. The molecule has 0 bridgehead atoms. The van der Waals surface area contributed by atoms with Crippen LogP contribution in [0.25, 0.3) is 6.08 Å². The number of benzene rings is 2. The third-order valence-electron chi connectivity index (χ3n) is 4.24. The van der Waals surface area contributed by atoms with E-state index in [1.54, 1.807) is 42.5 Å². The summed E-state index contributed by atoms with van der Waals surface area (Å²) in [6.07, 6.45) is 4.72. The second kappa shape index (κ2) is 9.54. The van der Waals surface area contributed by atoms with Crippen LogP contribution >= 0.6 is 0 Å². The summed E-state index contributed by atoms with van der Waals surface area (Å²) in [4.78, 5) is 36.3. The van der Waals surface area contributed by atoms with Crippen molar-refractivity contribution in [3.8, 4) is 5.75 Å². The molecule has 1 aliphatic carbocycles. The number of hydrogen-bond donors (Lipinski definition) is 2. The molecular formula is C22H22N2O5. The van der Waals surface area contributed by atoms with Gasteiger partial charge in [-0.05, 0) is 37.1 Å². The molecule has 1 saturated carbocycles. The largest absolute Gasteiger partial charge is 0.496 e.